The molecule has 1 aromatic rings. The number of Topliss-reactive ketones (excluding diaryl/α,β-unsaturated/α-hetero) is 1. The maximum atomic E-state index is 15.1. The van der Waals surface area contributed by atoms with Crippen LogP contribution in [0.1, 0.15) is 154 Å². The van der Waals surface area contributed by atoms with E-state index in [1.807, 2.05) is 0 Å². The van der Waals surface area contributed by atoms with E-state index >= 15 is 14.4 Å². The summed E-state index contributed by atoms with van der Waals surface area (Å²) in [5, 5.41) is 114. The summed E-state index contributed by atoms with van der Waals surface area (Å²) in [7, 11) is 0. The summed E-state index contributed by atoms with van der Waals surface area (Å²) in [5.74, 6) is -16.1. The van der Waals surface area contributed by atoms with Crippen LogP contribution in [-0.2, 0) is 73.5 Å². The molecule has 53 heteroatoms. The van der Waals surface area contributed by atoms with Gasteiger partial charge >= 0.3 is 0 Å². The number of amides is 13. The van der Waals surface area contributed by atoms with Gasteiger partial charge in [-0.1, -0.05) is 53.0 Å². The van der Waals surface area contributed by atoms with Gasteiger partial charge in [0.05, 0.1) is 13.2 Å². The lowest BCUT2D eigenvalue weighted by atomic mass is 10.0. The Balaban J connectivity index is 0. The van der Waals surface area contributed by atoms with Crippen LogP contribution >= 0.6 is 12.6 Å². The number of thiol groups is 1. The van der Waals surface area contributed by atoms with Crippen LogP contribution in [0.15, 0.2) is 24.3 Å². The fraction of sp³-hybridized carbons (Fsp3) is 0.622. The minimum absolute atomic E-state index is 0. The molecule has 0 aromatic heterocycles. The van der Waals surface area contributed by atoms with E-state index in [9.17, 15) is 52.7 Å². The third-order valence-corrected chi connectivity index (χ3v) is 18.4. The van der Waals surface area contributed by atoms with Crippen LogP contribution < -0.4 is 158 Å². The molecule has 0 aliphatic heterocycles. The van der Waals surface area contributed by atoms with Gasteiger partial charge < -0.3 is 163 Å². The predicted octanol–water partition coefficient (Wildman–Crippen LogP) is -10.0. The van der Waals surface area contributed by atoms with Crippen LogP contribution in [0.25, 0.3) is 0 Å². The van der Waals surface area contributed by atoms with Crippen molar-refractivity contribution in [2.75, 3.05) is 84.4 Å². The molecule has 0 saturated heterocycles. The number of carbonyl (C=O) groups excluding carboxylic acids is 14. The van der Waals surface area contributed by atoms with E-state index in [0.29, 0.717) is 11.1 Å². The van der Waals surface area contributed by atoms with Crippen LogP contribution in [0.2, 0.25) is 0 Å². The number of ether oxygens (including phenoxy) is 1. The molecule has 46 N–H and O–H groups in total. The van der Waals surface area contributed by atoms with Crippen LogP contribution in [-0.4, -0.2) is 275 Å². The first-order valence-electron chi connectivity index (χ1n) is 40.3. The van der Waals surface area contributed by atoms with Crippen molar-refractivity contribution >= 4 is 143 Å². The molecule has 0 fully saturated rings. The number of ketones is 1. The third kappa shape index (κ3) is 54.0. The van der Waals surface area contributed by atoms with Crippen LogP contribution in [0.4, 0.5) is 0 Å². The van der Waals surface area contributed by atoms with Gasteiger partial charge in [0.15, 0.2) is 53.5 Å². The lowest BCUT2D eigenvalue weighted by molar-refractivity contribution is -0.136. The first-order chi connectivity index (χ1) is 59.0. The average Bonchev–Trinajstić information content (AvgIpc) is 0.852. The molecule has 1 aromatic carbocycles. The number of hydrogen-bond acceptors (Lipinski definition) is 24. The zero-order chi connectivity index (χ0) is 94.1. The Morgan fingerprint density at radius 2 is 0.551 bits per heavy atom. The molecule has 10 atom stereocenters. The number of hydrogen-bond donors (Lipinski definition) is 38. The van der Waals surface area contributed by atoms with Gasteiger partial charge in [0.2, 0.25) is 76.8 Å². The van der Waals surface area contributed by atoms with Gasteiger partial charge in [-0.05, 0) is 115 Å². The number of carbonyl (C=O) groups is 14. The summed E-state index contributed by atoms with van der Waals surface area (Å²) in [6.45, 7) is 3.13. The van der Waals surface area contributed by atoms with Crippen molar-refractivity contribution in [2.24, 2.45) is 57.5 Å². The SMILES string of the molecule is C.C.CC(=O)c1ccc(C[C@H](NC(=O)COCCNC(=O)CNC(=O)C(C)C)C(=O)N[C@H](CCCNC(=N)N)C(=O)N[C@H](CCCNC(=N)N)C(=O)N[C@H](CCCNC(=N)N)C(=O)N[C@H](CCCNC(=N)N)C(=O)N[C@H](CCCNC(=N)N)C(=O)N[C@H](CCCNC(=N)N)C(=O)N[C@H](CCCNC(=N)N)C(=O)N[C@H](CCCNC(=N)N)C(=O)N[C@H](CS)C(N)=O)cc1. The fourth-order valence-corrected chi connectivity index (χ4v) is 11.7. The number of nitrogens with one attached hydrogen (secondary N) is 28. The quantitative estimate of drug-likeness (QED) is 0.00947. The monoisotopic (exact) mass is 1820 g/mol. The second kappa shape index (κ2) is 65.1. The summed E-state index contributed by atoms with van der Waals surface area (Å²) >= 11 is 4.09. The summed E-state index contributed by atoms with van der Waals surface area (Å²) < 4.78 is 5.48. The van der Waals surface area contributed by atoms with Gasteiger partial charge in [-0.2, -0.15) is 12.6 Å². The van der Waals surface area contributed by atoms with Gasteiger partial charge in [0.25, 0.3) is 0 Å². The number of guanidine groups is 8. The molecule has 52 nitrogen and oxygen atoms in total. The molecular formula is C74H139N37O15S. The van der Waals surface area contributed by atoms with Crippen molar-refractivity contribution in [1.29, 1.82) is 43.3 Å². The van der Waals surface area contributed by atoms with E-state index < -0.39 is 186 Å². The molecular weight excluding hydrogens is 1680 g/mol. The smallest absolute Gasteiger partial charge is 0.246 e. The highest BCUT2D eigenvalue weighted by atomic mass is 32.1. The molecule has 13 amide bonds. The lowest BCUT2D eigenvalue weighted by Gasteiger charge is -2.29. The van der Waals surface area contributed by atoms with E-state index in [4.69, 9.17) is 99.6 Å². The molecule has 0 radical (unpaired) electrons. The van der Waals surface area contributed by atoms with E-state index in [-0.39, 0.29) is 219 Å². The zero-order valence-corrected chi connectivity index (χ0v) is 71.5. The number of primary amides is 1. The Hall–Kier alpha value is -13.5. The summed E-state index contributed by atoms with van der Waals surface area (Å²) in [5.41, 5.74) is 50.7. The standard InChI is InChI=1S/C72H131N37O15S.2CH4/c1-38(2)55(114)99-35-52(111)90-32-33-124-36-53(112)100-50(34-40-20-22-41(23-21-40)39(3)110)64(123)108-48(18-10-30-97-71(86)87)62(121)106-46(16-8-28-95-69(82)83)60(119)104-44(14-6-26-93-67(78)79)58(117)102-42(12-4-24-91-65(74)75)56(115)101-43(13-5-25-92-66(76)77)57(116)103-45(15-7-27-94-68(80)81)59(118)105-47(17-9-29-96-70(84)85)61(120)107-49(19-11-31-98-72(88)89)63(122)109-51(37-125)54(73)113;;/h20-23,38,42-51,125H,4-19,24-37H2,1-3H3,(H2,73,113)(H,90,111)(H,99,114)(H,100,112)(H,101,115)(H,102,117)(H,103,116)(H,104,119)(H,105,118)(H,106,121)(H,107,120)(H,108,123)(H,109,122)(H4,74,75,91)(H4,76,77,92)(H4,78,79,93)(H4,80,81,94)(H4,82,83,95)(H4,84,85,96)(H4,86,87,97)(H4,88,89,98);2*1H4/t42-,43-,44-,45-,46-,47-,48-,49-,50+,51-;;/m1../s1. The van der Waals surface area contributed by atoms with E-state index in [1.165, 1.54) is 19.1 Å². The Kier molecular flexibility index (Phi) is 59.3. The van der Waals surface area contributed by atoms with E-state index in [0.717, 1.165) is 0 Å². The normalized spacial score (nSPS) is 12.9. The van der Waals surface area contributed by atoms with Crippen molar-refractivity contribution in [2.45, 2.75) is 205 Å². The molecule has 0 spiro atoms. The lowest BCUT2D eigenvalue weighted by Crippen LogP contribution is -2.61. The van der Waals surface area contributed by atoms with Crippen LogP contribution in [0.3, 0.4) is 0 Å². The zero-order valence-electron chi connectivity index (χ0n) is 70.6. The highest BCUT2D eigenvalue weighted by Gasteiger charge is 2.37. The van der Waals surface area contributed by atoms with E-state index in [1.54, 1.807) is 26.0 Å². The van der Waals surface area contributed by atoms with E-state index in [2.05, 4.69) is 119 Å². The highest BCUT2D eigenvalue weighted by molar-refractivity contribution is 7.80. The molecule has 0 unspecified atom stereocenters. The molecule has 0 saturated carbocycles. The Morgan fingerprint density at radius 3 is 0.764 bits per heavy atom. The fourth-order valence-electron chi connectivity index (χ4n) is 11.5. The summed E-state index contributed by atoms with van der Waals surface area (Å²) in [6.07, 6.45) is -2.16. The predicted molar refractivity (Wildman–Crippen MR) is 481 cm³/mol. The Labute approximate surface area is 743 Å². The second-order valence-corrected chi connectivity index (χ2v) is 29.2. The minimum Gasteiger partial charge on any atom is -0.370 e. The van der Waals surface area contributed by atoms with Crippen molar-refractivity contribution in [3.8, 4) is 0 Å². The van der Waals surface area contributed by atoms with Crippen molar-refractivity contribution in [1.82, 2.24) is 106 Å². The average molecular weight is 1820 g/mol. The summed E-state index contributed by atoms with van der Waals surface area (Å²) in [4.78, 5) is 195. The first-order valence-corrected chi connectivity index (χ1v) is 40.9. The van der Waals surface area contributed by atoms with Crippen LogP contribution in [0, 0.1) is 49.2 Å². The van der Waals surface area contributed by atoms with Gasteiger partial charge in [0, 0.05) is 82.6 Å². The maximum Gasteiger partial charge on any atom is 0.246 e. The minimum atomic E-state index is -1.66. The van der Waals surface area contributed by atoms with Gasteiger partial charge in [0.1, 0.15) is 67.0 Å². The van der Waals surface area contributed by atoms with Gasteiger partial charge in [-0.25, -0.2) is 0 Å². The molecule has 0 bridgehead atoms. The third-order valence-electron chi connectivity index (χ3n) is 18.0. The molecule has 0 aliphatic rings. The maximum absolute atomic E-state index is 15.1. The summed E-state index contributed by atoms with van der Waals surface area (Å²) in [6, 6.07) is -9.41. The van der Waals surface area contributed by atoms with Crippen molar-refractivity contribution < 1.29 is 71.9 Å². The molecule has 716 valence electrons. The second-order valence-electron chi connectivity index (χ2n) is 28.8. The highest BCUT2D eigenvalue weighted by Crippen LogP contribution is 2.14. The van der Waals surface area contributed by atoms with Gasteiger partial charge in [-0.3, -0.25) is 110 Å². The van der Waals surface area contributed by atoms with Crippen molar-refractivity contribution in [3.63, 3.8) is 0 Å². The van der Waals surface area contributed by atoms with Crippen LogP contribution in [0.5, 0.6) is 0 Å². The van der Waals surface area contributed by atoms with Gasteiger partial charge in [-0.15, -0.1) is 0 Å². The largest absolute Gasteiger partial charge is 0.370 e. The molecule has 0 heterocycles. The molecule has 127 heavy (non-hydrogen) atoms. The Bertz CT molecular complexity index is 3810. The number of nitrogens with two attached hydrogens (primary N) is 9. The molecule has 0 aliphatic carbocycles. The Morgan fingerprint density at radius 1 is 0.315 bits per heavy atom. The van der Waals surface area contributed by atoms with Crippen molar-refractivity contribution in [3.05, 3.63) is 35.4 Å². The molecule has 1 rings (SSSR count). The topological polar surface area (TPSA) is 914 Å². The first kappa shape index (κ1) is 116. The number of benzene rings is 1. The number of rotatable bonds is 64.